The highest BCUT2D eigenvalue weighted by atomic mass is 127. The molecule has 138 valence electrons. The molecule has 0 aliphatic carbocycles. The molecule has 0 saturated carbocycles. The molecule has 0 aromatic carbocycles. The Morgan fingerprint density at radius 3 is 3.00 bits per heavy atom. The molecule has 0 saturated heterocycles. The van der Waals surface area contributed by atoms with Gasteiger partial charge in [0.2, 0.25) is 0 Å². The van der Waals surface area contributed by atoms with E-state index in [0.717, 1.165) is 61.4 Å². The molecule has 0 spiro atoms. The van der Waals surface area contributed by atoms with Crippen molar-refractivity contribution in [3.05, 3.63) is 27.7 Å². The van der Waals surface area contributed by atoms with Gasteiger partial charge in [-0.05, 0) is 13.3 Å². The van der Waals surface area contributed by atoms with Crippen molar-refractivity contribution in [1.82, 2.24) is 30.4 Å². The van der Waals surface area contributed by atoms with Gasteiger partial charge in [0.15, 0.2) is 11.8 Å². The van der Waals surface area contributed by atoms with Crippen molar-refractivity contribution < 1.29 is 0 Å². The van der Waals surface area contributed by atoms with E-state index in [2.05, 4.69) is 44.5 Å². The summed E-state index contributed by atoms with van der Waals surface area (Å²) in [5.41, 5.74) is 0. The number of guanidine groups is 1. The lowest BCUT2D eigenvalue weighted by Gasteiger charge is -2.25. The van der Waals surface area contributed by atoms with Crippen molar-refractivity contribution in [2.75, 3.05) is 13.6 Å². The second kappa shape index (κ2) is 9.46. The molecule has 0 radical (unpaired) electrons. The first-order valence-corrected chi connectivity index (χ1v) is 9.30. The molecule has 2 aromatic heterocycles. The van der Waals surface area contributed by atoms with Crippen molar-refractivity contribution in [3.63, 3.8) is 0 Å². The van der Waals surface area contributed by atoms with E-state index in [1.54, 1.807) is 11.3 Å². The monoisotopic (exact) mass is 475 g/mol. The molecule has 0 fully saturated rings. The van der Waals surface area contributed by atoms with E-state index in [1.165, 1.54) is 4.88 Å². The second-order valence-electron chi connectivity index (χ2n) is 5.97. The fraction of sp³-hybridized carbons (Fsp3) is 0.625. The molecule has 2 aromatic rings. The number of aliphatic imine (C=N–C) groups is 1. The summed E-state index contributed by atoms with van der Waals surface area (Å²) in [5, 5.41) is 12.6. The fourth-order valence-electron chi connectivity index (χ4n) is 2.82. The number of hydrogen-bond acceptors (Lipinski definition) is 5. The Bertz CT molecular complexity index is 709. The standard InChI is InChI=1S/C16H25N7S.HI/c1-4-13-21-14-6-5-12(10-23(14)22-13)20-16(17-3)18-8-7-15-19-9-11(2)24-15;/h9,12H,4-8,10H2,1-3H3,(H2,17,18,20);1H. The fourth-order valence-corrected chi connectivity index (χ4v) is 3.61. The van der Waals surface area contributed by atoms with Gasteiger partial charge in [-0.1, -0.05) is 6.92 Å². The van der Waals surface area contributed by atoms with Crippen LogP contribution in [0.5, 0.6) is 0 Å². The van der Waals surface area contributed by atoms with Gasteiger partial charge in [-0.25, -0.2) is 14.6 Å². The first-order valence-electron chi connectivity index (χ1n) is 8.49. The minimum atomic E-state index is 0. The van der Waals surface area contributed by atoms with Crippen molar-refractivity contribution in [3.8, 4) is 0 Å². The summed E-state index contributed by atoms with van der Waals surface area (Å²) in [7, 11) is 1.81. The van der Waals surface area contributed by atoms with Gasteiger partial charge < -0.3 is 10.6 Å². The third kappa shape index (κ3) is 5.37. The summed E-state index contributed by atoms with van der Waals surface area (Å²) in [6, 6.07) is 0.331. The molecule has 1 aliphatic rings. The Morgan fingerprint density at radius 2 is 2.32 bits per heavy atom. The number of nitrogens with one attached hydrogen (secondary N) is 2. The van der Waals surface area contributed by atoms with E-state index >= 15 is 0 Å². The summed E-state index contributed by atoms with van der Waals surface area (Å²) in [5.74, 6) is 2.88. The van der Waals surface area contributed by atoms with E-state index < -0.39 is 0 Å². The first kappa shape index (κ1) is 20.1. The molecule has 25 heavy (non-hydrogen) atoms. The lowest BCUT2D eigenvalue weighted by molar-refractivity contribution is 0.392. The number of fused-ring (bicyclic) bond motifs is 1. The van der Waals surface area contributed by atoms with E-state index in [9.17, 15) is 0 Å². The predicted octanol–water partition coefficient (Wildman–Crippen LogP) is 1.95. The highest BCUT2D eigenvalue weighted by Crippen LogP contribution is 2.13. The van der Waals surface area contributed by atoms with Crippen LogP contribution in [0.15, 0.2) is 11.2 Å². The van der Waals surface area contributed by atoms with E-state index in [4.69, 9.17) is 0 Å². The molecule has 1 aliphatic heterocycles. The molecular weight excluding hydrogens is 449 g/mol. The highest BCUT2D eigenvalue weighted by Gasteiger charge is 2.21. The predicted molar refractivity (Wildman–Crippen MR) is 112 cm³/mol. The third-order valence-electron chi connectivity index (χ3n) is 4.08. The molecule has 1 atom stereocenters. The number of halogens is 1. The zero-order chi connectivity index (χ0) is 16.9. The Kier molecular flexibility index (Phi) is 7.60. The Balaban J connectivity index is 0.00000225. The minimum Gasteiger partial charge on any atom is -0.356 e. The molecule has 1 unspecified atom stereocenters. The van der Waals surface area contributed by atoms with Crippen LogP contribution in [0.2, 0.25) is 0 Å². The van der Waals surface area contributed by atoms with Gasteiger partial charge in [-0.2, -0.15) is 5.10 Å². The Morgan fingerprint density at radius 1 is 1.48 bits per heavy atom. The average molecular weight is 475 g/mol. The second-order valence-corrected chi connectivity index (χ2v) is 7.29. The van der Waals surface area contributed by atoms with Crippen molar-refractivity contribution >= 4 is 41.3 Å². The largest absolute Gasteiger partial charge is 0.356 e. The SMILES string of the molecule is CCc1nc2n(n1)CC(NC(=NC)NCCc1ncc(C)s1)CC2.I. The number of nitrogens with zero attached hydrogens (tertiary/aromatic N) is 5. The maximum atomic E-state index is 4.56. The quantitative estimate of drug-likeness (QED) is 0.393. The Hall–Kier alpha value is -1.23. The van der Waals surface area contributed by atoms with Crippen LogP contribution in [-0.4, -0.2) is 45.3 Å². The number of aromatic nitrogens is 4. The van der Waals surface area contributed by atoms with Crippen LogP contribution in [0.3, 0.4) is 0 Å². The highest BCUT2D eigenvalue weighted by molar-refractivity contribution is 14.0. The smallest absolute Gasteiger partial charge is 0.191 e. The van der Waals surface area contributed by atoms with Crippen LogP contribution in [-0.2, 0) is 25.8 Å². The number of thiazole rings is 1. The van der Waals surface area contributed by atoms with Crippen molar-refractivity contribution in [1.29, 1.82) is 0 Å². The zero-order valence-electron chi connectivity index (χ0n) is 14.9. The first-order chi connectivity index (χ1) is 11.7. The number of aryl methyl sites for hydroxylation is 3. The summed E-state index contributed by atoms with van der Waals surface area (Å²) < 4.78 is 2.03. The average Bonchev–Trinajstić information content (AvgIpc) is 3.19. The molecule has 3 rings (SSSR count). The lowest BCUT2D eigenvalue weighted by Crippen LogP contribution is -2.47. The van der Waals surface area contributed by atoms with Crippen LogP contribution < -0.4 is 10.6 Å². The Labute approximate surface area is 169 Å². The summed E-state index contributed by atoms with van der Waals surface area (Å²) in [4.78, 5) is 14.5. The third-order valence-corrected chi connectivity index (χ3v) is 5.06. The van der Waals surface area contributed by atoms with E-state index in [-0.39, 0.29) is 24.0 Å². The molecule has 3 heterocycles. The molecule has 0 bridgehead atoms. The van der Waals surface area contributed by atoms with Gasteiger partial charge in [-0.15, -0.1) is 35.3 Å². The van der Waals surface area contributed by atoms with Gasteiger partial charge in [0.05, 0.1) is 11.6 Å². The van der Waals surface area contributed by atoms with Gasteiger partial charge >= 0.3 is 0 Å². The van der Waals surface area contributed by atoms with Gasteiger partial charge in [0.25, 0.3) is 0 Å². The van der Waals surface area contributed by atoms with Gasteiger partial charge in [0, 0.05) is 50.0 Å². The van der Waals surface area contributed by atoms with Crippen LogP contribution in [0, 0.1) is 6.92 Å². The van der Waals surface area contributed by atoms with Gasteiger partial charge in [0.1, 0.15) is 5.82 Å². The number of hydrogen-bond donors (Lipinski definition) is 2. The van der Waals surface area contributed by atoms with Crippen molar-refractivity contribution in [2.45, 2.75) is 52.1 Å². The van der Waals surface area contributed by atoms with Crippen molar-refractivity contribution in [2.24, 2.45) is 4.99 Å². The minimum absolute atomic E-state index is 0. The maximum absolute atomic E-state index is 4.56. The van der Waals surface area contributed by atoms with Crippen LogP contribution in [0.4, 0.5) is 0 Å². The molecular formula is C16H26IN7S. The maximum Gasteiger partial charge on any atom is 0.191 e. The summed E-state index contributed by atoms with van der Waals surface area (Å²) in [6.45, 7) is 5.84. The van der Waals surface area contributed by atoms with E-state index in [1.807, 2.05) is 17.9 Å². The van der Waals surface area contributed by atoms with Crippen LogP contribution in [0.1, 0.15) is 34.9 Å². The molecule has 2 N–H and O–H groups in total. The summed E-state index contributed by atoms with van der Waals surface area (Å²) >= 11 is 1.75. The molecule has 9 heteroatoms. The topological polar surface area (TPSA) is 80.0 Å². The summed E-state index contributed by atoms with van der Waals surface area (Å²) in [6.07, 6.45) is 5.73. The zero-order valence-corrected chi connectivity index (χ0v) is 18.1. The number of rotatable bonds is 5. The van der Waals surface area contributed by atoms with E-state index in [0.29, 0.717) is 6.04 Å². The molecule has 0 amide bonds. The normalized spacial score (nSPS) is 16.9. The van der Waals surface area contributed by atoms with Crippen LogP contribution >= 0.6 is 35.3 Å². The molecule has 7 nitrogen and oxygen atoms in total. The van der Waals surface area contributed by atoms with Gasteiger partial charge in [-0.3, -0.25) is 4.99 Å². The van der Waals surface area contributed by atoms with Crippen LogP contribution in [0.25, 0.3) is 0 Å². The lowest BCUT2D eigenvalue weighted by atomic mass is 10.1.